The lowest BCUT2D eigenvalue weighted by Gasteiger charge is -2.24. The maximum absolute atomic E-state index is 9.37. The van der Waals surface area contributed by atoms with E-state index in [0.29, 0.717) is 16.9 Å². The zero-order valence-electron chi connectivity index (χ0n) is 10.6. The van der Waals surface area contributed by atoms with Crippen LogP contribution in [0.25, 0.3) is 5.78 Å². The van der Waals surface area contributed by atoms with Crippen molar-refractivity contribution >= 4 is 17.5 Å². The van der Waals surface area contributed by atoms with Gasteiger partial charge < -0.3 is 0 Å². The van der Waals surface area contributed by atoms with Crippen molar-refractivity contribution in [3.05, 3.63) is 18.5 Å². The van der Waals surface area contributed by atoms with Crippen molar-refractivity contribution in [1.29, 1.82) is 5.26 Å². The van der Waals surface area contributed by atoms with Gasteiger partial charge >= 0.3 is 0 Å². The maximum Gasteiger partial charge on any atom is 0.253 e. The maximum atomic E-state index is 9.37. The number of nitrogens with zero attached hydrogens (tertiary/aromatic N) is 5. The highest BCUT2D eigenvalue weighted by Crippen LogP contribution is 2.34. The molecule has 1 unspecified atom stereocenters. The van der Waals surface area contributed by atoms with Gasteiger partial charge in [0.05, 0.1) is 6.07 Å². The summed E-state index contributed by atoms with van der Waals surface area (Å²) in [4.78, 5) is 8.49. The Morgan fingerprint density at radius 1 is 1.37 bits per heavy atom. The van der Waals surface area contributed by atoms with Crippen LogP contribution >= 0.6 is 11.8 Å². The Kier molecular flexibility index (Phi) is 3.65. The van der Waals surface area contributed by atoms with Crippen LogP contribution in [0, 0.1) is 17.2 Å². The molecular weight excluding hydrogens is 258 g/mol. The molecule has 2 heterocycles. The first-order valence-electron chi connectivity index (χ1n) is 6.60. The number of aromatic nitrogens is 4. The summed E-state index contributed by atoms with van der Waals surface area (Å²) in [5.41, 5.74) is 0. The summed E-state index contributed by atoms with van der Waals surface area (Å²) in [7, 11) is 0. The van der Waals surface area contributed by atoms with E-state index >= 15 is 0 Å². The average molecular weight is 273 g/mol. The first-order chi connectivity index (χ1) is 9.36. The van der Waals surface area contributed by atoms with Crippen molar-refractivity contribution in [3.8, 4) is 6.07 Å². The van der Waals surface area contributed by atoms with Crippen LogP contribution < -0.4 is 0 Å². The monoisotopic (exact) mass is 273 g/mol. The molecule has 1 atom stereocenters. The fraction of sp³-hybridized carbons (Fsp3) is 0.538. The fourth-order valence-electron chi connectivity index (χ4n) is 2.54. The summed E-state index contributed by atoms with van der Waals surface area (Å²) in [6, 6.07) is 4.24. The lowest BCUT2D eigenvalue weighted by Crippen LogP contribution is -2.18. The highest BCUT2D eigenvalue weighted by molar-refractivity contribution is 8.00. The predicted molar refractivity (Wildman–Crippen MR) is 72.6 cm³/mol. The van der Waals surface area contributed by atoms with Gasteiger partial charge in [0.1, 0.15) is 5.25 Å². The van der Waals surface area contributed by atoms with Crippen LogP contribution in [0.2, 0.25) is 0 Å². The van der Waals surface area contributed by atoms with Crippen molar-refractivity contribution in [2.45, 2.75) is 42.5 Å². The zero-order valence-corrected chi connectivity index (χ0v) is 11.4. The molecule has 0 bridgehead atoms. The second-order valence-corrected chi connectivity index (χ2v) is 5.93. The van der Waals surface area contributed by atoms with Crippen molar-refractivity contribution in [2.75, 3.05) is 0 Å². The van der Waals surface area contributed by atoms with E-state index in [4.69, 9.17) is 0 Å². The Labute approximate surface area is 116 Å². The van der Waals surface area contributed by atoms with Gasteiger partial charge in [0.25, 0.3) is 5.78 Å². The highest BCUT2D eigenvalue weighted by atomic mass is 32.2. The molecule has 3 rings (SSSR count). The molecule has 19 heavy (non-hydrogen) atoms. The van der Waals surface area contributed by atoms with Crippen LogP contribution in [-0.2, 0) is 0 Å². The molecule has 1 aliphatic rings. The lowest BCUT2D eigenvalue weighted by molar-refractivity contribution is 0.370. The Hall–Kier alpha value is -1.61. The normalized spacial score (nSPS) is 18.3. The molecule has 98 valence electrons. The molecular formula is C13H15N5S. The van der Waals surface area contributed by atoms with E-state index in [1.807, 2.05) is 12.3 Å². The Morgan fingerprint density at radius 2 is 2.21 bits per heavy atom. The van der Waals surface area contributed by atoms with Gasteiger partial charge in [0.2, 0.25) is 5.16 Å². The minimum atomic E-state index is -0.0438. The van der Waals surface area contributed by atoms with Gasteiger partial charge in [0, 0.05) is 12.4 Å². The molecule has 2 aromatic rings. The van der Waals surface area contributed by atoms with E-state index in [-0.39, 0.29) is 5.25 Å². The highest BCUT2D eigenvalue weighted by Gasteiger charge is 2.25. The SMILES string of the molecule is N#CC(Sc1nc2ncccn2n1)C1CCCCC1. The minimum Gasteiger partial charge on any atom is -0.220 e. The summed E-state index contributed by atoms with van der Waals surface area (Å²) in [5, 5.41) is 14.3. The number of fused-ring (bicyclic) bond motifs is 1. The fourth-order valence-corrected chi connectivity index (χ4v) is 3.56. The third-order valence-electron chi connectivity index (χ3n) is 3.53. The van der Waals surface area contributed by atoms with E-state index in [1.54, 1.807) is 10.7 Å². The molecule has 1 saturated carbocycles. The van der Waals surface area contributed by atoms with E-state index < -0.39 is 0 Å². The number of nitriles is 1. The van der Waals surface area contributed by atoms with Gasteiger partial charge in [-0.05, 0) is 24.8 Å². The number of hydrogen-bond acceptors (Lipinski definition) is 5. The number of rotatable bonds is 3. The molecule has 0 aliphatic heterocycles. The molecule has 0 radical (unpaired) electrons. The lowest BCUT2D eigenvalue weighted by atomic mass is 9.87. The van der Waals surface area contributed by atoms with Crippen LogP contribution in [0.5, 0.6) is 0 Å². The first kappa shape index (κ1) is 12.4. The zero-order chi connectivity index (χ0) is 13.1. The molecule has 5 nitrogen and oxygen atoms in total. The summed E-state index contributed by atoms with van der Waals surface area (Å²) in [6.45, 7) is 0. The largest absolute Gasteiger partial charge is 0.253 e. The molecule has 0 amide bonds. The van der Waals surface area contributed by atoms with Crippen LogP contribution in [0.4, 0.5) is 0 Å². The third kappa shape index (κ3) is 2.71. The van der Waals surface area contributed by atoms with Gasteiger partial charge in [-0.1, -0.05) is 31.0 Å². The summed E-state index contributed by atoms with van der Waals surface area (Å²) in [6.07, 6.45) is 9.60. The molecule has 0 aromatic carbocycles. The number of thioether (sulfide) groups is 1. The molecule has 0 spiro atoms. The van der Waals surface area contributed by atoms with Crippen molar-refractivity contribution in [2.24, 2.45) is 5.92 Å². The Bertz CT molecular complexity index is 563. The van der Waals surface area contributed by atoms with Gasteiger partial charge in [-0.2, -0.15) is 10.2 Å². The standard InChI is InChI=1S/C13H15N5S/c14-9-11(10-5-2-1-3-6-10)19-13-16-12-15-7-4-8-18(12)17-13/h4,7-8,10-11H,1-3,5-6H2. The Balaban J connectivity index is 1.76. The van der Waals surface area contributed by atoms with Gasteiger partial charge in [-0.3, -0.25) is 0 Å². The Morgan fingerprint density at radius 3 is 2.95 bits per heavy atom. The van der Waals surface area contributed by atoms with E-state index in [2.05, 4.69) is 21.1 Å². The number of hydrogen-bond donors (Lipinski definition) is 0. The van der Waals surface area contributed by atoms with E-state index in [0.717, 1.165) is 12.8 Å². The molecule has 1 fully saturated rings. The van der Waals surface area contributed by atoms with E-state index in [9.17, 15) is 5.26 Å². The van der Waals surface area contributed by atoms with Gasteiger partial charge in [0.15, 0.2) is 0 Å². The van der Waals surface area contributed by atoms with Gasteiger partial charge in [-0.25, -0.2) is 9.50 Å². The van der Waals surface area contributed by atoms with E-state index in [1.165, 1.54) is 31.0 Å². The quantitative estimate of drug-likeness (QED) is 0.804. The van der Waals surface area contributed by atoms with Crippen LogP contribution in [0.3, 0.4) is 0 Å². The van der Waals surface area contributed by atoms with Crippen LogP contribution in [-0.4, -0.2) is 24.8 Å². The summed E-state index contributed by atoms with van der Waals surface area (Å²) < 4.78 is 1.65. The second-order valence-electron chi connectivity index (χ2n) is 4.82. The topological polar surface area (TPSA) is 66.9 Å². The summed E-state index contributed by atoms with van der Waals surface area (Å²) >= 11 is 1.48. The average Bonchev–Trinajstić information content (AvgIpc) is 2.88. The van der Waals surface area contributed by atoms with Crippen LogP contribution in [0.1, 0.15) is 32.1 Å². The molecule has 6 heteroatoms. The molecule has 0 saturated heterocycles. The third-order valence-corrected chi connectivity index (χ3v) is 4.66. The minimum absolute atomic E-state index is 0.0438. The molecule has 2 aromatic heterocycles. The van der Waals surface area contributed by atoms with Gasteiger partial charge in [-0.15, -0.1) is 5.10 Å². The van der Waals surface area contributed by atoms with Crippen molar-refractivity contribution < 1.29 is 0 Å². The van der Waals surface area contributed by atoms with Crippen molar-refractivity contribution in [3.63, 3.8) is 0 Å². The first-order valence-corrected chi connectivity index (χ1v) is 7.48. The second kappa shape index (κ2) is 5.57. The summed E-state index contributed by atoms with van der Waals surface area (Å²) in [5.74, 6) is 1.06. The van der Waals surface area contributed by atoms with Crippen LogP contribution in [0.15, 0.2) is 23.6 Å². The smallest absolute Gasteiger partial charge is 0.220 e. The van der Waals surface area contributed by atoms with Crippen molar-refractivity contribution in [1.82, 2.24) is 19.6 Å². The predicted octanol–water partition coefficient (Wildman–Crippen LogP) is 2.69. The molecule has 1 aliphatic carbocycles. The molecule has 0 N–H and O–H groups in total.